The standard InChI is InChI=1S/C12H14BrNO/c1-4-11(15)14-12(2,3)9-5-7-10(13)8-6-9/h4-8H,1H2,2-3H3,(H,14,15). The number of halogens is 1. The van der Waals surface area contributed by atoms with Gasteiger partial charge in [0.25, 0.3) is 0 Å². The summed E-state index contributed by atoms with van der Waals surface area (Å²) in [5, 5.41) is 2.87. The third-order valence-electron chi connectivity index (χ3n) is 2.19. The van der Waals surface area contributed by atoms with Gasteiger partial charge in [-0.25, -0.2) is 0 Å². The fourth-order valence-electron chi connectivity index (χ4n) is 1.30. The molecular formula is C12H14BrNO. The Morgan fingerprint density at radius 1 is 1.40 bits per heavy atom. The van der Waals surface area contributed by atoms with Gasteiger partial charge in [0.15, 0.2) is 0 Å². The molecule has 0 heterocycles. The van der Waals surface area contributed by atoms with Gasteiger partial charge in [0.1, 0.15) is 0 Å². The van der Waals surface area contributed by atoms with Crippen molar-refractivity contribution >= 4 is 21.8 Å². The monoisotopic (exact) mass is 267 g/mol. The van der Waals surface area contributed by atoms with Gasteiger partial charge in [-0.1, -0.05) is 34.6 Å². The molecule has 1 amide bonds. The van der Waals surface area contributed by atoms with Crippen molar-refractivity contribution < 1.29 is 4.79 Å². The number of amides is 1. The van der Waals surface area contributed by atoms with Crippen LogP contribution >= 0.6 is 15.9 Å². The van der Waals surface area contributed by atoms with E-state index in [1.807, 2.05) is 38.1 Å². The van der Waals surface area contributed by atoms with E-state index in [1.54, 1.807) is 0 Å². The summed E-state index contributed by atoms with van der Waals surface area (Å²) in [6.45, 7) is 7.34. The molecule has 1 N–H and O–H groups in total. The highest BCUT2D eigenvalue weighted by Gasteiger charge is 2.21. The van der Waals surface area contributed by atoms with Gasteiger partial charge in [-0.3, -0.25) is 4.79 Å². The van der Waals surface area contributed by atoms with Gasteiger partial charge in [-0.2, -0.15) is 0 Å². The maximum atomic E-state index is 11.2. The second-order valence-electron chi connectivity index (χ2n) is 3.83. The Morgan fingerprint density at radius 3 is 2.40 bits per heavy atom. The molecule has 1 aromatic carbocycles. The van der Waals surface area contributed by atoms with Crippen molar-refractivity contribution in [3.8, 4) is 0 Å². The zero-order valence-corrected chi connectivity index (χ0v) is 10.5. The van der Waals surface area contributed by atoms with Crippen LogP contribution in [0.5, 0.6) is 0 Å². The van der Waals surface area contributed by atoms with Crippen LogP contribution in [0.3, 0.4) is 0 Å². The van der Waals surface area contributed by atoms with E-state index < -0.39 is 0 Å². The molecule has 1 rings (SSSR count). The number of carbonyl (C=O) groups is 1. The first-order valence-corrected chi connectivity index (χ1v) is 5.45. The van der Waals surface area contributed by atoms with Gasteiger partial charge in [0, 0.05) is 4.47 Å². The molecule has 0 saturated carbocycles. The average Bonchev–Trinajstić information content (AvgIpc) is 2.17. The number of benzene rings is 1. The lowest BCUT2D eigenvalue weighted by Crippen LogP contribution is -2.39. The Bertz CT molecular complexity index is 368. The molecule has 0 aliphatic carbocycles. The molecule has 0 radical (unpaired) electrons. The Hall–Kier alpha value is -1.09. The van der Waals surface area contributed by atoms with Gasteiger partial charge in [0.05, 0.1) is 5.54 Å². The number of hydrogen-bond acceptors (Lipinski definition) is 1. The minimum absolute atomic E-state index is 0.164. The van der Waals surface area contributed by atoms with E-state index in [1.165, 1.54) is 6.08 Å². The van der Waals surface area contributed by atoms with E-state index in [2.05, 4.69) is 27.8 Å². The maximum Gasteiger partial charge on any atom is 0.244 e. The first-order chi connectivity index (χ1) is 6.95. The summed E-state index contributed by atoms with van der Waals surface area (Å²) < 4.78 is 1.03. The Morgan fingerprint density at radius 2 is 1.93 bits per heavy atom. The van der Waals surface area contributed by atoms with Gasteiger partial charge in [-0.05, 0) is 37.6 Å². The van der Waals surface area contributed by atoms with E-state index in [0.717, 1.165) is 10.0 Å². The first kappa shape index (κ1) is 12.0. The second kappa shape index (κ2) is 4.62. The Labute approximate surface area is 98.5 Å². The topological polar surface area (TPSA) is 29.1 Å². The summed E-state index contributed by atoms with van der Waals surface area (Å²) in [4.78, 5) is 11.2. The van der Waals surface area contributed by atoms with E-state index >= 15 is 0 Å². The van der Waals surface area contributed by atoms with E-state index in [9.17, 15) is 4.79 Å². The van der Waals surface area contributed by atoms with Crippen molar-refractivity contribution in [1.29, 1.82) is 0 Å². The highest BCUT2D eigenvalue weighted by Crippen LogP contribution is 2.21. The van der Waals surface area contributed by atoms with E-state index in [-0.39, 0.29) is 11.4 Å². The third-order valence-corrected chi connectivity index (χ3v) is 2.72. The van der Waals surface area contributed by atoms with Crippen LogP contribution < -0.4 is 5.32 Å². The van der Waals surface area contributed by atoms with E-state index in [0.29, 0.717) is 0 Å². The molecule has 0 bridgehead atoms. The molecule has 15 heavy (non-hydrogen) atoms. The van der Waals surface area contributed by atoms with E-state index in [4.69, 9.17) is 0 Å². The van der Waals surface area contributed by atoms with Crippen molar-refractivity contribution in [2.24, 2.45) is 0 Å². The van der Waals surface area contributed by atoms with Crippen LogP contribution in [0.2, 0.25) is 0 Å². The van der Waals surface area contributed by atoms with Crippen LogP contribution in [-0.4, -0.2) is 5.91 Å². The zero-order chi connectivity index (χ0) is 11.5. The minimum atomic E-state index is -0.383. The normalized spacial score (nSPS) is 10.9. The van der Waals surface area contributed by atoms with Crippen LogP contribution in [0.1, 0.15) is 19.4 Å². The quantitative estimate of drug-likeness (QED) is 0.839. The summed E-state index contributed by atoms with van der Waals surface area (Å²) in [5.74, 6) is -0.164. The Kier molecular flexibility index (Phi) is 3.69. The lowest BCUT2D eigenvalue weighted by Gasteiger charge is -2.26. The van der Waals surface area contributed by atoms with Crippen molar-refractivity contribution in [2.75, 3.05) is 0 Å². The Balaban J connectivity index is 2.89. The van der Waals surface area contributed by atoms with Gasteiger partial charge >= 0.3 is 0 Å². The molecule has 0 aromatic heterocycles. The highest BCUT2D eigenvalue weighted by atomic mass is 79.9. The fourth-order valence-corrected chi connectivity index (χ4v) is 1.56. The van der Waals surface area contributed by atoms with Crippen LogP contribution in [0.4, 0.5) is 0 Å². The molecule has 0 unspecified atom stereocenters. The van der Waals surface area contributed by atoms with Crippen molar-refractivity contribution in [1.82, 2.24) is 5.32 Å². The average molecular weight is 268 g/mol. The molecule has 0 fully saturated rings. The predicted molar refractivity (Wildman–Crippen MR) is 65.5 cm³/mol. The lowest BCUT2D eigenvalue weighted by molar-refractivity contribution is -0.118. The molecule has 80 valence electrons. The smallest absolute Gasteiger partial charge is 0.244 e. The SMILES string of the molecule is C=CC(=O)NC(C)(C)c1ccc(Br)cc1. The highest BCUT2D eigenvalue weighted by molar-refractivity contribution is 9.10. The summed E-state index contributed by atoms with van der Waals surface area (Å²) >= 11 is 3.37. The predicted octanol–water partition coefficient (Wildman–Crippen LogP) is 2.99. The van der Waals surface area contributed by atoms with Crippen molar-refractivity contribution in [2.45, 2.75) is 19.4 Å². The molecule has 3 heteroatoms. The zero-order valence-electron chi connectivity index (χ0n) is 8.88. The first-order valence-electron chi connectivity index (χ1n) is 4.66. The van der Waals surface area contributed by atoms with Crippen LogP contribution in [0.15, 0.2) is 41.4 Å². The van der Waals surface area contributed by atoms with Gasteiger partial charge in [0.2, 0.25) is 5.91 Å². The molecule has 0 spiro atoms. The summed E-state index contributed by atoms with van der Waals surface area (Å²) in [6.07, 6.45) is 1.28. The number of nitrogens with one attached hydrogen (secondary N) is 1. The minimum Gasteiger partial charge on any atom is -0.344 e. The fraction of sp³-hybridized carbons (Fsp3) is 0.250. The number of rotatable bonds is 3. The summed E-state index contributed by atoms with van der Waals surface area (Å²) in [7, 11) is 0. The largest absolute Gasteiger partial charge is 0.344 e. The maximum absolute atomic E-state index is 11.2. The molecular weight excluding hydrogens is 254 g/mol. The van der Waals surface area contributed by atoms with Gasteiger partial charge < -0.3 is 5.32 Å². The number of hydrogen-bond donors (Lipinski definition) is 1. The molecule has 0 aliphatic rings. The van der Waals surface area contributed by atoms with Crippen LogP contribution in [0, 0.1) is 0 Å². The number of carbonyl (C=O) groups excluding carboxylic acids is 1. The summed E-state index contributed by atoms with van der Waals surface area (Å²) in [5.41, 5.74) is 0.673. The second-order valence-corrected chi connectivity index (χ2v) is 4.74. The molecule has 0 aliphatic heterocycles. The van der Waals surface area contributed by atoms with Crippen molar-refractivity contribution in [3.05, 3.63) is 47.0 Å². The van der Waals surface area contributed by atoms with Crippen LogP contribution in [0.25, 0.3) is 0 Å². The molecule has 0 atom stereocenters. The van der Waals surface area contributed by atoms with Crippen LogP contribution in [-0.2, 0) is 10.3 Å². The molecule has 1 aromatic rings. The molecule has 2 nitrogen and oxygen atoms in total. The van der Waals surface area contributed by atoms with Crippen molar-refractivity contribution in [3.63, 3.8) is 0 Å². The third kappa shape index (κ3) is 3.20. The van der Waals surface area contributed by atoms with Gasteiger partial charge in [-0.15, -0.1) is 0 Å². The lowest BCUT2D eigenvalue weighted by atomic mass is 9.94. The summed E-state index contributed by atoms with van der Waals surface area (Å²) in [6, 6.07) is 7.87. The molecule has 0 saturated heterocycles.